The van der Waals surface area contributed by atoms with Crippen molar-refractivity contribution in [1.82, 2.24) is 10.2 Å². The van der Waals surface area contributed by atoms with Gasteiger partial charge in [-0.05, 0) is 38.6 Å². The number of ether oxygens (including phenoxy) is 1. The van der Waals surface area contributed by atoms with Gasteiger partial charge in [0, 0.05) is 24.7 Å². The fraction of sp³-hybridized carbons (Fsp3) is 0.867. The maximum atomic E-state index is 5.65. The number of rotatable bonds is 8. The van der Waals surface area contributed by atoms with Crippen molar-refractivity contribution in [1.29, 1.82) is 0 Å². The molecule has 2 fully saturated rings. The first-order valence-corrected chi connectivity index (χ1v) is 7.53. The zero-order chi connectivity index (χ0) is 12.8. The highest BCUT2D eigenvalue weighted by molar-refractivity contribution is 4.97. The Morgan fingerprint density at radius 1 is 1.28 bits per heavy atom. The molecule has 3 heteroatoms. The van der Waals surface area contributed by atoms with Gasteiger partial charge in [0.2, 0.25) is 0 Å². The molecule has 2 rings (SSSR count). The van der Waals surface area contributed by atoms with Crippen LogP contribution in [0.2, 0.25) is 0 Å². The zero-order valence-corrected chi connectivity index (χ0v) is 11.7. The van der Waals surface area contributed by atoms with E-state index in [0.717, 1.165) is 50.8 Å². The Morgan fingerprint density at radius 2 is 2.00 bits per heavy atom. The number of fused-ring (bicyclic) bond motifs is 2. The highest BCUT2D eigenvalue weighted by Gasteiger charge is 2.39. The number of nitrogens with one attached hydrogen (secondary N) is 1. The molecule has 104 valence electrons. The van der Waals surface area contributed by atoms with Gasteiger partial charge >= 0.3 is 0 Å². The van der Waals surface area contributed by atoms with Gasteiger partial charge in [0.1, 0.15) is 0 Å². The van der Waals surface area contributed by atoms with E-state index < -0.39 is 0 Å². The molecular formula is C15H28N2O. The molecule has 18 heavy (non-hydrogen) atoms. The Balaban J connectivity index is 1.69. The molecule has 0 saturated carbocycles. The molecule has 2 unspecified atom stereocenters. The number of hydrogen-bond donors (Lipinski definition) is 1. The van der Waals surface area contributed by atoms with Gasteiger partial charge in [0.25, 0.3) is 0 Å². The van der Waals surface area contributed by atoms with Crippen molar-refractivity contribution in [2.75, 3.05) is 26.3 Å². The molecule has 1 N–H and O–H groups in total. The Kier molecular flexibility index (Phi) is 5.67. The van der Waals surface area contributed by atoms with Gasteiger partial charge in [-0.15, -0.1) is 6.58 Å². The molecule has 2 saturated heterocycles. The predicted octanol–water partition coefficient (Wildman–Crippen LogP) is 2.18. The summed E-state index contributed by atoms with van der Waals surface area (Å²) in [6.07, 6.45) is 8.33. The quantitative estimate of drug-likeness (QED) is 0.529. The van der Waals surface area contributed by atoms with Crippen molar-refractivity contribution in [3.05, 3.63) is 12.7 Å². The van der Waals surface area contributed by atoms with Crippen LogP contribution in [0.25, 0.3) is 0 Å². The van der Waals surface area contributed by atoms with Crippen LogP contribution in [0.15, 0.2) is 12.7 Å². The summed E-state index contributed by atoms with van der Waals surface area (Å²) in [5, 5.41) is 3.62. The summed E-state index contributed by atoms with van der Waals surface area (Å²) < 4.78 is 5.65. The molecule has 2 aliphatic rings. The first-order chi connectivity index (χ1) is 8.85. The zero-order valence-electron chi connectivity index (χ0n) is 11.7. The maximum absolute atomic E-state index is 5.65. The normalized spacial score (nSPS) is 31.7. The second kappa shape index (κ2) is 7.27. The highest BCUT2D eigenvalue weighted by Crippen LogP contribution is 2.35. The molecule has 0 aliphatic carbocycles. The molecule has 2 bridgehead atoms. The third-order valence-electron chi connectivity index (χ3n) is 4.34. The maximum Gasteiger partial charge on any atom is 0.0593 e. The molecule has 0 radical (unpaired) electrons. The lowest BCUT2D eigenvalue weighted by Crippen LogP contribution is -2.49. The number of nitrogens with zero attached hydrogens (tertiary/aromatic N) is 1. The summed E-state index contributed by atoms with van der Waals surface area (Å²) in [5.41, 5.74) is 0. The minimum Gasteiger partial charge on any atom is -0.380 e. The summed E-state index contributed by atoms with van der Waals surface area (Å²) >= 11 is 0. The minimum absolute atomic E-state index is 0.755. The van der Waals surface area contributed by atoms with Crippen LogP contribution in [0, 0.1) is 0 Å². The topological polar surface area (TPSA) is 24.5 Å². The standard InChI is InChI=1S/C15H28N2O/c1-3-5-9-18-10-8-17-14-6-7-15(17)12-13(11-14)16-4-2/h3,13-16H,1,4-12H2,2H3. The smallest absolute Gasteiger partial charge is 0.0593 e. The van der Waals surface area contributed by atoms with E-state index in [2.05, 4.69) is 23.7 Å². The molecular weight excluding hydrogens is 224 g/mol. The molecule has 3 nitrogen and oxygen atoms in total. The van der Waals surface area contributed by atoms with E-state index in [4.69, 9.17) is 4.74 Å². The van der Waals surface area contributed by atoms with Gasteiger partial charge in [0.05, 0.1) is 13.2 Å². The first-order valence-electron chi connectivity index (χ1n) is 7.53. The minimum atomic E-state index is 0.755. The SMILES string of the molecule is C=CCCOCCN1C2CCC1CC(NCC)C2. The Morgan fingerprint density at radius 3 is 2.61 bits per heavy atom. The van der Waals surface area contributed by atoms with Gasteiger partial charge in [-0.1, -0.05) is 13.0 Å². The van der Waals surface area contributed by atoms with Gasteiger partial charge in [-0.25, -0.2) is 0 Å². The average Bonchev–Trinajstić information content (AvgIpc) is 2.60. The van der Waals surface area contributed by atoms with Crippen molar-refractivity contribution in [3.8, 4) is 0 Å². The summed E-state index contributed by atoms with van der Waals surface area (Å²) in [7, 11) is 0. The van der Waals surface area contributed by atoms with E-state index in [-0.39, 0.29) is 0 Å². The van der Waals surface area contributed by atoms with Crippen LogP contribution < -0.4 is 5.32 Å². The summed E-state index contributed by atoms with van der Waals surface area (Å²) in [5.74, 6) is 0. The van der Waals surface area contributed by atoms with E-state index in [1.165, 1.54) is 25.7 Å². The Hall–Kier alpha value is -0.380. The molecule has 2 atom stereocenters. The van der Waals surface area contributed by atoms with Crippen molar-refractivity contribution in [2.24, 2.45) is 0 Å². The predicted molar refractivity (Wildman–Crippen MR) is 75.8 cm³/mol. The van der Waals surface area contributed by atoms with Crippen molar-refractivity contribution in [2.45, 2.75) is 57.2 Å². The average molecular weight is 252 g/mol. The van der Waals surface area contributed by atoms with Gasteiger partial charge in [-0.3, -0.25) is 4.90 Å². The number of piperidine rings is 1. The van der Waals surface area contributed by atoms with Crippen LogP contribution >= 0.6 is 0 Å². The molecule has 0 aromatic heterocycles. The number of hydrogen-bond acceptors (Lipinski definition) is 3. The molecule has 0 aromatic carbocycles. The largest absolute Gasteiger partial charge is 0.380 e. The molecule has 0 amide bonds. The van der Waals surface area contributed by atoms with Crippen molar-refractivity contribution in [3.63, 3.8) is 0 Å². The fourth-order valence-electron chi connectivity index (χ4n) is 3.53. The second-order valence-electron chi connectivity index (χ2n) is 5.54. The monoisotopic (exact) mass is 252 g/mol. The first kappa shape index (κ1) is 14.0. The Bertz CT molecular complexity index is 243. The fourth-order valence-corrected chi connectivity index (χ4v) is 3.53. The summed E-state index contributed by atoms with van der Waals surface area (Å²) in [6, 6.07) is 2.36. The van der Waals surface area contributed by atoms with Crippen molar-refractivity contribution >= 4 is 0 Å². The van der Waals surface area contributed by atoms with E-state index in [1.54, 1.807) is 0 Å². The lowest BCUT2D eigenvalue weighted by atomic mass is 9.97. The van der Waals surface area contributed by atoms with Crippen LogP contribution in [0.3, 0.4) is 0 Å². The molecule has 0 spiro atoms. The van der Waals surface area contributed by atoms with E-state index in [9.17, 15) is 0 Å². The van der Waals surface area contributed by atoms with E-state index in [0.29, 0.717) is 0 Å². The van der Waals surface area contributed by atoms with Crippen LogP contribution in [0.5, 0.6) is 0 Å². The van der Waals surface area contributed by atoms with Crippen molar-refractivity contribution < 1.29 is 4.74 Å². The van der Waals surface area contributed by atoms with Crippen LogP contribution in [-0.2, 0) is 4.74 Å². The summed E-state index contributed by atoms with van der Waals surface area (Å²) in [4.78, 5) is 2.70. The van der Waals surface area contributed by atoms with Crippen LogP contribution in [0.4, 0.5) is 0 Å². The third kappa shape index (κ3) is 3.56. The van der Waals surface area contributed by atoms with E-state index in [1.807, 2.05) is 6.08 Å². The highest BCUT2D eigenvalue weighted by atomic mass is 16.5. The lowest BCUT2D eigenvalue weighted by molar-refractivity contribution is 0.0607. The van der Waals surface area contributed by atoms with Crippen LogP contribution in [0.1, 0.15) is 39.0 Å². The molecule has 2 aliphatic heterocycles. The van der Waals surface area contributed by atoms with Gasteiger partial charge in [-0.2, -0.15) is 0 Å². The molecule has 0 aromatic rings. The van der Waals surface area contributed by atoms with E-state index >= 15 is 0 Å². The molecule has 2 heterocycles. The summed E-state index contributed by atoms with van der Waals surface area (Å²) in [6.45, 7) is 9.85. The third-order valence-corrected chi connectivity index (χ3v) is 4.34. The van der Waals surface area contributed by atoms with Gasteiger partial charge in [0.15, 0.2) is 0 Å². The van der Waals surface area contributed by atoms with Crippen LogP contribution in [-0.4, -0.2) is 49.3 Å². The second-order valence-corrected chi connectivity index (χ2v) is 5.54. The van der Waals surface area contributed by atoms with Gasteiger partial charge < -0.3 is 10.1 Å². The Labute approximate surface area is 112 Å². The lowest BCUT2D eigenvalue weighted by Gasteiger charge is -2.39.